The molecular weight excluding hydrogens is 148 g/mol. The van der Waals surface area contributed by atoms with Crippen molar-refractivity contribution < 1.29 is 17.1 Å². The van der Waals surface area contributed by atoms with Gasteiger partial charge in [-0.3, -0.25) is 0 Å². The fraction of sp³-hybridized carbons (Fsp3) is 0.857. The summed E-state index contributed by atoms with van der Waals surface area (Å²) in [6.45, 7) is 4.35. The molecule has 0 spiro atoms. The molecule has 0 bridgehead atoms. The van der Waals surface area contributed by atoms with Crippen LogP contribution in [0.4, 0.5) is 0 Å². The maximum Gasteiger partial charge on any atom is 1.00 e. The van der Waals surface area contributed by atoms with Gasteiger partial charge in [0.05, 0.1) is 0 Å². The van der Waals surface area contributed by atoms with Crippen molar-refractivity contribution in [1.29, 1.82) is 0 Å². The van der Waals surface area contributed by atoms with E-state index < -0.39 is 0 Å². The molecule has 0 aliphatic heterocycles. The van der Waals surface area contributed by atoms with E-state index in [4.69, 9.17) is 0 Å². The Balaban J connectivity index is 0. The van der Waals surface area contributed by atoms with Gasteiger partial charge >= 0.3 is 17.1 Å². The van der Waals surface area contributed by atoms with Gasteiger partial charge in [0.1, 0.15) is 0 Å². The van der Waals surface area contributed by atoms with Crippen LogP contribution in [0.1, 0.15) is 39.5 Å². The van der Waals surface area contributed by atoms with Crippen LogP contribution in [-0.2, 0) is 17.1 Å². The van der Waals surface area contributed by atoms with Crippen LogP contribution in [-0.4, -0.2) is 0 Å². The van der Waals surface area contributed by atoms with Crippen LogP contribution in [0.25, 0.3) is 0 Å². The molecule has 0 saturated carbocycles. The van der Waals surface area contributed by atoms with E-state index in [9.17, 15) is 0 Å². The summed E-state index contributed by atoms with van der Waals surface area (Å²) in [6.07, 6.45) is 7.65. The summed E-state index contributed by atoms with van der Waals surface area (Å²) >= 11 is 0. The Morgan fingerprint density at radius 3 is 2.25 bits per heavy atom. The van der Waals surface area contributed by atoms with Crippen molar-refractivity contribution in [3.63, 3.8) is 0 Å². The molecule has 0 N–H and O–H groups in total. The molecule has 0 rings (SSSR count). The molecule has 0 aromatic carbocycles. The maximum atomic E-state index is 2.23. The van der Waals surface area contributed by atoms with Crippen LogP contribution in [0.3, 0.4) is 0 Å². The van der Waals surface area contributed by atoms with Crippen molar-refractivity contribution in [2.45, 2.75) is 39.5 Å². The average Bonchev–Trinajstić information content (AvgIpc) is 1.69. The first kappa shape index (κ1) is 11.3. The van der Waals surface area contributed by atoms with E-state index in [0.717, 1.165) is 0 Å². The number of hydrogen-bond donors (Lipinski definition) is 0. The molecule has 0 aromatic heterocycles. The topological polar surface area (TPSA) is 0 Å². The Hall–Kier alpha value is 0.519. The van der Waals surface area contributed by atoms with Gasteiger partial charge in [-0.15, -0.1) is 0 Å². The molecule has 0 saturated heterocycles. The molecule has 0 fully saturated rings. The SMILES string of the molecule is C[CH-]CCCCC.[Cu+]. The second kappa shape index (κ2) is 10.5. The second-order valence-corrected chi connectivity index (χ2v) is 1.90. The summed E-state index contributed by atoms with van der Waals surface area (Å²) < 4.78 is 0. The van der Waals surface area contributed by atoms with Gasteiger partial charge in [0.15, 0.2) is 0 Å². The summed E-state index contributed by atoms with van der Waals surface area (Å²) in [6, 6.07) is 0. The molecule has 54 valence electrons. The van der Waals surface area contributed by atoms with Gasteiger partial charge in [0.2, 0.25) is 0 Å². The Bertz CT molecular complexity index is 23.6. The summed E-state index contributed by atoms with van der Waals surface area (Å²) in [5.41, 5.74) is 0. The normalized spacial score (nSPS) is 8.25. The molecule has 0 nitrogen and oxygen atoms in total. The zero-order valence-electron chi connectivity index (χ0n) is 5.71. The Labute approximate surface area is 63.5 Å². The van der Waals surface area contributed by atoms with Gasteiger partial charge in [0.25, 0.3) is 0 Å². The van der Waals surface area contributed by atoms with E-state index in [-0.39, 0.29) is 17.1 Å². The molecule has 0 radical (unpaired) electrons. The van der Waals surface area contributed by atoms with E-state index in [1.807, 2.05) is 0 Å². The number of unbranched alkanes of at least 4 members (excludes halogenated alkanes) is 4. The smallest absolute Gasteiger partial charge is 0.332 e. The fourth-order valence-electron chi connectivity index (χ4n) is 0.598. The number of hydrogen-bond acceptors (Lipinski definition) is 0. The Morgan fingerprint density at radius 2 is 1.88 bits per heavy atom. The standard InChI is InChI=1S/C7H15.Cu/c1-3-5-7-6-4-2;/h3H,4-7H2,1-2H3;/q-1;+1. The van der Waals surface area contributed by atoms with Crippen molar-refractivity contribution in [3.8, 4) is 0 Å². The van der Waals surface area contributed by atoms with Crippen molar-refractivity contribution in [2.24, 2.45) is 0 Å². The molecule has 0 heterocycles. The maximum absolute atomic E-state index is 2.23. The summed E-state index contributed by atoms with van der Waals surface area (Å²) in [4.78, 5) is 0. The second-order valence-electron chi connectivity index (χ2n) is 1.90. The minimum absolute atomic E-state index is 0. The first-order valence-corrected chi connectivity index (χ1v) is 3.19. The van der Waals surface area contributed by atoms with Crippen molar-refractivity contribution in [2.75, 3.05) is 0 Å². The Kier molecular flexibility index (Phi) is 14.9. The molecule has 1 heteroatoms. The molecule has 0 aliphatic rings. The third-order valence-corrected chi connectivity index (χ3v) is 1.10. The zero-order valence-corrected chi connectivity index (χ0v) is 6.65. The van der Waals surface area contributed by atoms with Crippen LogP contribution in [0.15, 0.2) is 0 Å². The third kappa shape index (κ3) is 9.72. The van der Waals surface area contributed by atoms with E-state index in [0.29, 0.717) is 0 Å². The van der Waals surface area contributed by atoms with E-state index >= 15 is 0 Å². The molecule has 0 aliphatic carbocycles. The predicted molar refractivity (Wildman–Crippen MR) is 34.1 cm³/mol. The summed E-state index contributed by atoms with van der Waals surface area (Å²) in [5.74, 6) is 0. The van der Waals surface area contributed by atoms with Crippen molar-refractivity contribution in [1.82, 2.24) is 0 Å². The van der Waals surface area contributed by atoms with E-state index in [1.165, 1.54) is 25.7 Å². The predicted octanol–water partition coefficient (Wildman–Crippen LogP) is 2.79. The fourth-order valence-corrected chi connectivity index (χ4v) is 0.598. The quantitative estimate of drug-likeness (QED) is 0.339. The van der Waals surface area contributed by atoms with Gasteiger partial charge in [0, 0.05) is 0 Å². The van der Waals surface area contributed by atoms with Gasteiger partial charge in [-0.25, -0.2) is 0 Å². The molecule has 0 atom stereocenters. The van der Waals surface area contributed by atoms with Gasteiger partial charge < -0.3 is 6.42 Å². The summed E-state index contributed by atoms with van der Waals surface area (Å²) in [7, 11) is 0. The van der Waals surface area contributed by atoms with Gasteiger partial charge in [-0.05, 0) is 0 Å². The first-order valence-electron chi connectivity index (χ1n) is 3.19. The minimum atomic E-state index is 0. The van der Waals surface area contributed by atoms with Crippen LogP contribution >= 0.6 is 0 Å². The van der Waals surface area contributed by atoms with Crippen LogP contribution in [0, 0.1) is 6.42 Å². The van der Waals surface area contributed by atoms with Crippen molar-refractivity contribution in [3.05, 3.63) is 6.42 Å². The molecule has 0 aromatic rings. The van der Waals surface area contributed by atoms with Crippen LogP contribution in [0.2, 0.25) is 0 Å². The molecule has 0 amide bonds. The van der Waals surface area contributed by atoms with E-state index in [1.54, 1.807) is 0 Å². The largest absolute Gasteiger partial charge is 1.00 e. The van der Waals surface area contributed by atoms with Crippen LogP contribution in [0.5, 0.6) is 0 Å². The van der Waals surface area contributed by atoms with Crippen LogP contribution < -0.4 is 0 Å². The minimum Gasteiger partial charge on any atom is -0.332 e. The number of rotatable bonds is 4. The van der Waals surface area contributed by atoms with E-state index in [2.05, 4.69) is 20.3 Å². The Morgan fingerprint density at radius 1 is 1.25 bits per heavy atom. The van der Waals surface area contributed by atoms with Gasteiger partial charge in [-0.1, -0.05) is 26.2 Å². The van der Waals surface area contributed by atoms with Gasteiger partial charge in [-0.2, -0.15) is 13.3 Å². The zero-order chi connectivity index (χ0) is 5.54. The average molecular weight is 163 g/mol. The monoisotopic (exact) mass is 162 g/mol. The summed E-state index contributed by atoms with van der Waals surface area (Å²) in [5, 5.41) is 0. The molecule has 8 heavy (non-hydrogen) atoms. The van der Waals surface area contributed by atoms with Crippen molar-refractivity contribution >= 4 is 0 Å². The first-order chi connectivity index (χ1) is 3.41. The molecular formula is C7H15Cu. The third-order valence-electron chi connectivity index (χ3n) is 1.10. The molecule has 0 unspecified atom stereocenters.